The number of nitrogens with zero attached hydrogens (tertiary/aromatic N) is 2. The van der Waals surface area contributed by atoms with Gasteiger partial charge in [0, 0.05) is 22.6 Å². The van der Waals surface area contributed by atoms with Crippen LogP contribution in [0.2, 0.25) is 0 Å². The van der Waals surface area contributed by atoms with Gasteiger partial charge < -0.3 is 15.8 Å². The zero-order valence-corrected chi connectivity index (χ0v) is 12.0. The number of benzene rings is 1. The Kier molecular flexibility index (Phi) is 4.11. The fourth-order valence-corrected chi connectivity index (χ4v) is 3.02. The van der Waals surface area contributed by atoms with E-state index in [-0.39, 0.29) is 5.84 Å². The van der Waals surface area contributed by atoms with Crippen LogP contribution in [-0.2, 0) is 0 Å². The molecule has 1 unspecified atom stereocenters. The van der Waals surface area contributed by atoms with Gasteiger partial charge in [-0.25, -0.2) is 0 Å². The topological polar surface area (TPSA) is 61.8 Å². The van der Waals surface area contributed by atoms with Gasteiger partial charge in [0.15, 0.2) is 5.84 Å². The number of nitrogens with two attached hydrogens (primary N) is 1. The third kappa shape index (κ3) is 2.61. The summed E-state index contributed by atoms with van der Waals surface area (Å²) in [5.41, 5.74) is 7.48. The molecule has 0 aliphatic carbocycles. The molecule has 1 fully saturated rings. The van der Waals surface area contributed by atoms with E-state index < -0.39 is 0 Å². The highest BCUT2D eigenvalue weighted by Crippen LogP contribution is 2.32. The summed E-state index contributed by atoms with van der Waals surface area (Å²) < 4.78 is 0.986. The highest BCUT2D eigenvalue weighted by molar-refractivity contribution is 9.10. The van der Waals surface area contributed by atoms with E-state index in [1.807, 2.05) is 18.2 Å². The second kappa shape index (κ2) is 5.61. The van der Waals surface area contributed by atoms with Crippen LogP contribution in [0.4, 0.5) is 5.69 Å². The maximum absolute atomic E-state index is 8.68. The fourth-order valence-electron chi connectivity index (χ4n) is 2.41. The van der Waals surface area contributed by atoms with Crippen LogP contribution < -0.4 is 10.6 Å². The van der Waals surface area contributed by atoms with Crippen LogP contribution in [0, 0.1) is 0 Å². The Morgan fingerprint density at radius 1 is 1.50 bits per heavy atom. The van der Waals surface area contributed by atoms with Gasteiger partial charge in [-0.1, -0.05) is 5.16 Å². The van der Waals surface area contributed by atoms with Gasteiger partial charge >= 0.3 is 0 Å². The Hall–Kier alpha value is -1.23. The molecular weight excluding hydrogens is 294 g/mol. The van der Waals surface area contributed by atoms with Crippen molar-refractivity contribution in [1.82, 2.24) is 0 Å². The highest BCUT2D eigenvalue weighted by atomic mass is 79.9. The van der Waals surface area contributed by atoms with Crippen molar-refractivity contribution in [3.8, 4) is 0 Å². The molecule has 18 heavy (non-hydrogen) atoms. The molecule has 1 aromatic rings. The number of oxime groups is 1. The van der Waals surface area contributed by atoms with Gasteiger partial charge in [0.25, 0.3) is 0 Å². The lowest BCUT2D eigenvalue weighted by atomic mass is 10.0. The van der Waals surface area contributed by atoms with Gasteiger partial charge in [-0.2, -0.15) is 0 Å². The molecule has 0 amide bonds. The second-order valence-electron chi connectivity index (χ2n) is 4.69. The monoisotopic (exact) mass is 311 g/mol. The minimum Gasteiger partial charge on any atom is -0.409 e. The number of anilines is 1. The van der Waals surface area contributed by atoms with E-state index in [1.165, 1.54) is 24.9 Å². The van der Waals surface area contributed by atoms with Crippen LogP contribution in [-0.4, -0.2) is 23.6 Å². The summed E-state index contributed by atoms with van der Waals surface area (Å²) in [5.74, 6) is 0.133. The Labute approximate surface area is 116 Å². The molecule has 3 N–H and O–H groups in total. The third-order valence-electron chi connectivity index (χ3n) is 3.46. The van der Waals surface area contributed by atoms with Gasteiger partial charge in [-0.15, -0.1) is 0 Å². The molecule has 0 saturated carbocycles. The molecule has 0 radical (unpaired) electrons. The van der Waals surface area contributed by atoms with Crippen LogP contribution in [0.25, 0.3) is 0 Å². The van der Waals surface area contributed by atoms with Crippen molar-refractivity contribution in [2.45, 2.75) is 32.2 Å². The van der Waals surface area contributed by atoms with Crippen molar-refractivity contribution in [2.75, 3.05) is 11.4 Å². The van der Waals surface area contributed by atoms with Gasteiger partial charge in [-0.3, -0.25) is 0 Å². The standard InChI is InChI=1S/C13H18BrN3O/c1-9-4-2-3-7-17(9)12-6-5-10(8-11(12)14)13(15)16-18/h5-6,8-9,18H,2-4,7H2,1H3,(H2,15,16). The lowest BCUT2D eigenvalue weighted by molar-refractivity contribution is 0.318. The van der Waals surface area contributed by atoms with Crippen LogP contribution in [0.5, 0.6) is 0 Å². The van der Waals surface area contributed by atoms with Crippen LogP contribution in [0.15, 0.2) is 27.8 Å². The van der Waals surface area contributed by atoms with E-state index >= 15 is 0 Å². The zero-order valence-electron chi connectivity index (χ0n) is 10.4. The lowest BCUT2D eigenvalue weighted by Crippen LogP contribution is -2.37. The normalized spacial score (nSPS) is 21.1. The molecule has 0 spiro atoms. The summed E-state index contributed by atoms with van der Waals surface area (Å²) in [7, 11) is 0. The Bertz CT molecular complexity index is 462. The lowest BCUT2D eigenvalue weighted by Gasteiger charge is -2.36. The summed E-state index contributed by atoms with van der Waals surface area (Å²) in [6.07, 6.45) is 3.77. The Morgan fingerprint density at radius 2 is 2.28 bits per heavy atom. The van der Waals surface area contributed by atoms with E-state index in [0.29, 0.717) is 6.04 Å². The third-order valence-corrected chi connectivity index (χ3v) is 4.10. The summed E-state index contributed by atoms with van der Waals surface area (Å²) in [4.78, 5) is 2.41. The van der Waals surface area contributed by atoms with Crippen LogP contribution in [0.1, 0.15) is 31.7 Å². The van der Waals surface area contributed by atoms with E-state index in [4.69, 9.17) is 10.9 Å². The molecule has 1 aliphatic heterocycles. The quantitative estimate of drug-likeness (QED) is 0.382. The molecule has 2 rings (SSSR count). The summed E-state index contributed by atoms with van der Waals surface area (Å²) >= 11 is 3.57. The van der Waals surface area contributed by atoms with Crippen LogP contribution in [0.3, 0.4) is 0 Å². The maximum atomic E-state index is 8.68. The largest absolute Gasteiger partial charge is 0.409 e. The Balaban J connectivity index is 2.29. The van der Waals surface area contributed by atoms with Gasteiger partial charge in [0.1, 0.15) is 0 Å². The fraction of sp³-hybridized carbons (Fsp3) is 0.462. The number of amidine groups is 1. The van der Waals surface area contributed by atoms with Crippen molar-refractivity contribution in [3.63, 3.8) is 0 Å². The smallest absolute Gasteiger partial charge is 0.170 e. The average molecular weight is 312 g/mol. The maximum Gasteiger partial charge on any atom is 0.170 e. The summed E-state index contributed by atoms with van der Waals surface area (Å²) in [6.45, 7) is 3.34. The zero-order chi connectivity index (χ0) is 13.1. The van der Waals surface area contributed by atoms with E-state index in [1.54, 1.807) is 0 Å². The number of hydrogen-bond donors (Lipinski definition) is 2. The molecule has 98 valence electrons. The number of halogens is 1. The van der Waals surface area contributed by atoms with Crippen molar-refractivity contribution < 1.29 is 5.21 Å². The van der Waals surface area contributed by atoms with Crippen molar-refractivity contribution in [2.24, 2.45) is 10.9 Å². The predicted octanol–water partition coefficient (Wildman–Crippen LogP) is 2.92. The molecule has 0 aromatic heterocycles. The van der Waals surface area contributed by atoms with Crippen LogP contribution >= 0.6 is 15.9 Å². The molecular formula is C13H18BrN3O. The molecule has 1 heterocycles. The first-order chi connectivity index (χ1) is 8.63. The predicted molar refractivity (Wildman–Crippen MR) is 77.3 cm³/mol. The molecule has 0 bridgehead atoms. The van der Waals surface area contributed by atoms with E-state index in [0.717, 1.165) is 16.6 Å². The highest BCUT2D eigenvalue weighted by Gasteiger charge is 2.20. The first kappa shape index (κ1) is 13.2. The molecule has 1 atom stereocenters. The summed E-state index contributed by atoms with van der Waals surface area (Å²) in [5, 5.41) is 11.7. The van der Waals surface area contributed by atoms with Gasteiger partial charge in [0.2, 0.25) is 0 Å². The molecule has 1 aliphatic rings. The first-order valence-corrected chi connectivity index (χ1v) is 6.97. The van der Waals surface area contributed by atoms with Gasteiger partial charge in [-0.05, 0) is 60.3 Å². The minimum absolute atomic E-state index is 0.133. The van der Waals surface area contributed by atoms with Crippen molar-refractivity contribution in [1.29, 1.82) is 0 Å². The number of hydrogen-bond acceptors (Lipinski definition) is 3. The molecule has 4 nitrogen and oxygen atoms in total. The van der Waals surface area contributed by atoms with Gasteiger partial charge in [0.05, 0.1) is 5.69 Å². The summed E-state index contributed by atoms with van der Waals surface area (Å²) in [6, 6.07) is 6.37. The second-order valence-corrected chi connectivity index (χ2v) is 5.54. The molecule has 1 aromatic carbocycles. The number of rotatable bonds is 2. The van der Waals surface area contributed by atoms with E-state index in [9.17, 15) is 0 Å². The van der Waals surface area contributed by atoms with Crippen molar-refractivity contribution >= 4 is 27.5 Å². The number of piperidine rings is 1. The first-order valence-electron chi connectivity index (χ1n) is 6.17. The minimum atomic E-state index is 0.133. The SMILES string of the molecule is CC1CCCCN1c1ccc(/C(N)=N/O)cc1Br. The van der Waals surface area contributed by atoms with E-state index in [2.05, 4.69) is 32.9 Å². The molecule has 5 heteroatoms. The Morgan fingerprint density at radius 3 is 2.89 bits per heavy atom. The average Bonchev–Trinajstić information content (AvgIpc) is 2.39. The molecule has 1 saturated heterocycles. The van der Waals surface area contributed by atoms with Crippen molar-refractivity contribution in [3.05, 3.63) is 28.2 Å².